The number of pyridine rings is 1. The lowest BCUT2D eigenvalue weighted by molar-refractivity contribution is 0.225. The van der Waals surface area contributed by atoms with E-state index in [1.807, 2.05) is 36.5 Å². The Kier molecular flexibility index (Phi) is 3.71. The first-order valence-corrected chi connectivity index (χ1v) is 8.02. The van der Waals surface area contributed by atoms with Crippen LogP contribution in [0.4, 0.5) is 0 Å². The Morgan fingerprint density at radius 3 is 2.79 bits per heavy atom. The summed E-state index contributed by atoms with van der Waals surface area (Å²) in [6.07, 6.45) is 2.93. The van der Waals surface area contributed by atoms with Crippen LogP contribution in [0.3, 0.4) is 0 Å². The molecule has 0 aliphatic rings. The predicted octanol–water partition coefficient (Wildman–Crippen LogP) is 4.90. The van der Waals surface area contributed by atoms with E-state index in [2.05, 4.69) is 36.8 Å². The van der Waals surface area contributed by atoms with E-state index in [0.29, 0.717) is 0 Å². The molecule has 2 nitrogen and oxygen atoms in total. The summed E-state index contributed by atoms with van der Waals surface area (Å²) in [7, 11) is 0. The van der Waals surface area contributed by atoms with Crippen LogP contribution in [-0.2, 0) is 0 Å². The van der Waals surface area contributed by atoms with E-state index in [9.17, 15) is 5.11 Å². The number of halogens is 2. The molecule has 0 bridgehead atoms. The van der Waals surface area contributed by atoms with Gasteiger partial charge < -0.3 is 5.11 Å². The fraction of sp³-hybridized carbons (Fsp3) is 0.0714. The van der Waals surface area contributed by atoms with Crippen molar-refractivity contribution in [3.63, 3.8) is 0 Å². The number of benzene rings is 1. The fourth-order valence-corrected chi connectivity index (χ4v) is 4.13. The van der Waals surface area contributed by atoms with Gasteiger partial charge in [-0.15, -0.1) is 11.3 Å². The Hall–Kier alpha value is -0.750. The van der Waals surface area contributed by atoms with Gasteiger partial charge in [0.2, 0.25) is 0 Å². The number of fused-ring (bicyclic) bond motifs is 1. The van der Waals surface area contributed by atoms with Gasteiger partial charge in [-0.2, -0.15) is 0 Å². The lowest BCUT2D eigenvalue weighted by Crippen LogP contribution is -1.98. The Morgan fingerprint density at radius 1 is 1.21 bits per heavy atom. The quantitative estimate of drug-likeness (QED) is 0.665. The minimum Gasteiger partial charge on any atom is -0.383 e. The molecule has 2 heterocycles. The fourth-order valence-electron chi connectivity index (χ4n) is 2.04. The molecule has 3 rings (SSSR count). The molecule has 96 valence electrons. The van der Waals surface area contributed by atoms with Crippen LogP contribution >= 0.6 is 43.2 Å². The summed E-state index contributed by atoms with van der Waals surface area (Å²) in [6.45, 7) is 0. The molecule has 2 aromatic heterocycles. The maximum absolute atomic E-state index is 10.6. The maximum Gasteiger partial charge on any atom is 0.114 e. The topological polar surface area (TPSA) is 33.1 Å². The van der Waals surface area contributed by atoms with Gasteiger partial charge in [0.05, 0.1) is 3.79 Å². The minimum absolute atomic E-state index is 0.626. The van der Waals surface area contributed by atoms with Crippen LogP contribution in [0, 0.1) is 0 Å². The molecule has 0 amide bonds. The first-order chi connectivity index (χ1) is 9.16. The number of nitrogens with zero attached hydrogens (tertiary/aromatic N) is 1. The van der Waals surface area contributed by atoms with Crippen molar-refractivity contribution >= 4 is 54.0 Å². The molecule has 0 aliphatic carbocycles. The summed E-state index contributed by atoms with van der Waals surface area (Å²) in [4.78, 5) is 5.02. The summed E-state index contributed by atoms with van der Waals surface area (Å²) in [5, 5.41) is 12.6. The van der Waals surface area contributed by atoms with Crippen molar-refractivity contribution < 1.29 is 5.11 Å². The second-order valence-electron chi connectivity index (χ2n) is 4.12. The minimum atomic E-state index is -0.626. The monoisotopic (exact) mass is 397 g/mol. The zero-order valence-electron chi connectivity index (χ0n) is 9.68. The summed E-state index contributed by atoms with van der Waals surface area (Å²) < 4.78 is 1.96. The molecule has 0 radical (unpaired) electrons. The smallest absolute Gasteiger partial charge is 0.114 e. The molecule has 0 fully saturated rings. The van der Waals surface area contributed by atoms with E-state index in [1.165, 1.54) is 11.3 Å². The van der Waals surface area contributed by atoms with Gasteiger partial charge in [0.1, 0.15) is 6.10 Å². The van der Waals surface area contributed by atoms with Crippen molar-refractivity contribution in [2.45, 2.75) is 6.10 Å². The second-order valence-corrected chi connectivity index (χ2v) is 7.37. The van der Waals surface area contributed by atoms with Gasteiger partial charge in [-0.05, 0) is 54.9 Å². The molecule has 0 spiro atoms. The van der Waals surface area contributed by atoms with Crippen molar-refractivity contribution in [1.29, 1.82) is 0 Å². The molecule has 1 unspecified atom stereocenters. The van der Waals surface area contributed by atoms with Crippen LogP contribution in [0.5, 0.6) is 0 Å². The van der Waals surface area contributed by atoms with E-state index in [4.69, 9.17) is 0 Å². The van der Waals surface area contributed by atoms with Crippen molar-refractivity contribution in [3.05, 3.63) is 61.4 Å². The average molecular weight is 399 g/mol. The number of aromatic nitrogens is 1. The summed E-state index contributed by atoms with van der Waals surface area (Å²) in [6, 6.07) is 9.78. The van der Waals surface area contributed by atoms with Crippen LogP contribution in [0.2, 0.25) is 0 Å². The lowest BCUT2D eigenvalue weighted by atomic mass is 10.0. The van der Waals surface area contributed by atoms with Gasteiger partial charge in [0.15, 0.2) is 0 Å². The highest BCUT2D eigenvalue weighted by Crippen LogP contribution is 2.38. The summed E-state index contributed by atoms with van der Waals surface area (Å²) in [5.41, 5.74) is 0.904. The van der Waals surface area contributed by atoms with Gasteiger partial charge in [-0.25, -0.2) is 0 Å². The first-order valence-electron chi connectivity index (χ1n) is 5.62. The lowest BCUT2D eigenvalue weighted by Gasteiger charge is -2.11. The highest BCUT2D eigenvalue weighted by atomic mass is 79.9. The molecule has 5 heteroatoms. The molecule has 1 N–H and O–H groups in total. The van der Waals surface area contributed by atoms with Gasteiger partial charge in [-0.3, -0.25) is 4.98 Å². The van der Waals surface area contributed by atoms with E-state index in [-0.39, 0.29) is 0 Å². The third-order valence-corrected chi connectivity index (χ3v) is 6.25. The highest BCUT2D eigenvalue weighted by molar-refractivity contribution is 9.13. The first kappa shape index (κ1) is 13.2. The molecule has 1 aromatic carbocycles. The molecule has 3 aromatic rings. The van der Waals surface area contributed by atoms with Gasteiger partial charge in [0.25, 0.3) is 0 Å². The van der Waals surface area contributed by atoms with E-state index in [1.54, 1.807) is 6.20 Å². The summed E-state index contributed by atoms with van der Waals surface area (Å²) in [5.74, 6) is 0. The van der Waals surface area contributed by atoms with E-state index < -0.39 is 6.10 Å². The van der Waals surface area contributed by atoms with Gasteiger partial charge in [0, 0.05) is 27.1 Å². The molecule has 0 saturated heterocycles. The van der Waals surface area contributed by atoms with Crippen LogP contribution in [-0.4, -0.2) is 10.1 Å². The van der Waals surface area contributed by atoms with Crippen LogP contribution in [0.25, 0.3) is 10.8 Å². The number of hydrogen-bond acceptors (Lipinski definition) is 3. The highest BCUT2D eigenvalue weighted by Gasteiger charge is 2.17. The van der Waals surface area contributed by atoms with Crippen LogP contribution in [0.1, 0.15) is 16.5 Å². The SMILES string of the molecule is OC(c1cc(Br)c(Br)s1)c1cccc2cnccc12. The number of aliphatic hydroxyl groups excluding tert-OH is 1. The Morgan fingerprint density at radius 2 is 2.05 bits per heavy atom. The Labute approximate surface area is 131 Å². The van der Waals surface area contributed by atoms with Crippen LogP contribution in [0.15, 0.2) is 51.0 Å². The number of rotatable bonds is 2. The molecule has 0 saturated carbocycles. The standard InChI is InChI=1S/C14H9Br2NOS/c15-11-6-12(19-14(11)16)13(18)10-3-1-2-8-7-17-5-4-9(8)10/h1-7,13,18H. The number of thiophene rings is 1. The number of aliphatic hydroxyl groups is 1. The average Bonchev–Trinajstić information content (AvgIpc) is 2.77. The van der Waals surface area contributed by atoms with Crippen molar-refractivity contribution in [2.75, 3.05) is 0 Å². The molecule has 19 heavy (non-hydrogen) atoms. The Bertz CT molecular complexity index is 716. The van der Waals surface area contributed by atoms with Crippen LogP contribution < -0.4 is 0 Å². The largest absolute Gasteiger partial charge is 0.383 e. The van der Waals surface area contributed by atoms with Crippen molar-refractivity contribution in [3.8, 4) is 0 Å². The Balaban J connectivity index is 2.13. The molecule has 0 aliphatic heterocycles. The summed E-state index contributed by atoms with van der Waals surface area (Å²) >= 11 is 8.44. The van der Waals surface area contributed by atoms with E-state index in [0.717, 1.165) is 29.5 Å². The molecular weight excluding hydrogens is 390 g/mol. The maximum atomic E-state index is 10.6. The normalized spacial score (nSPS) is 12.8. The van der Waals surface area contributed by atoms with E-state index >= 15 is 0 Å². The third-order valence-electron chi connectivity index (χ3n) is 2.94. The zero-order chi connectivity index (χ0) is 13.4. The van der Waals surface area contributed by atoms with Gasteiger partial charge >= 0.3 is 0 Å². The van der Waals surface area contributed by atoms with Crippen molar-refractivity contribution in [1.82, 2.24) is 4.98 Å². The zero-order valence-corrected chi connectivity index (χ0v) is 13.7. The van der Waals surface area contributed by atoms with Crippen molar-refractivity contribution in [2.24, 2.45) is 0 Å². The molecular formula is C14H9Br2NOS. The molecule has 1 atom stereocenters. The second kappa shape index (κ2) is 5.32. The predicted molar refractivity (Wildman–Crippen MR) is 85.5 cm³/mol. The third kappa shape index (κ3) is 2.48. The van der Waals surface area contributed by atoms with Gasteiger partial charge in [-0.1, -0.05) is 18.2 Å². The number of hydrogen-bond donors (Lipinski definition) is 1.